The van der Waals surface area contributed by atoms with Crippen molar-refractivity contribution < 1.29 is 9.90 Å². The Labute approximate surface area is 158 Å². The molecule has 5 nitrogen and oxygen atoms in total. The van der Waals surface area contributed by atoms with E-state index in [1.807, 2.05) is 60.7 Å². The van der Waals surface area contributed by atoms with Crippen molar-refractivity contribution in [2.75, 3.05) is 13.1 Å². The van der Waals surface area contributed by atoms with Crippen molar-refractivity contribution in [1.29, 1.82) is 0 Å². The number of hydrogen-bond acceptors (Lipinski definition) is 3. The van der Waals surface area contributed by atoms with Crippen LogP contribution < -0.4 is 0 Å². The number of carbonyl (C=O) groups is 1. The number of amides is 1. The molecule has 0 bridgehead atoms. The van der Waals surface area contributed by atoms with E-state index < -0.39 is 6.10 Å². The van der Waals surface area contributed by atoms with Gasteiger partial charge in [0, 0.05) is 42.8 Å². The third-order valence-electron chi connectivity index (χ3n) is 5.13. The number of aromatic amines is 1. The Kier molecular flexibility index (Phi) is 5.03. The number of aromatic nitrogens is 2. The first-order valence-corrected chi connectivity index (χ1v) is 9.34. The highest BCUT2D eigenvalue weighted by Gasteiger charge is 2.26. The molecule has 0 radical (unpaired) electrons. The number of aliphatic hydroxyl groups excluding tert-OH is 1. The van der Waals surface area contributed by atoms with Crippen LogP contribution in [0.15, 0.2) is 60.7 Å². The zero-order chi connectivity index (χ0) is 18.6. The molecule has 1 atom stereocenters. The summed E-state index contributed by atoms with van der Waals surface area (Å²) in [6.45, 7) is 1.19. The van der Waals surface area contributed by atoms with Crippen LogP contribution in [-0.2, 0) is 24.1 Å². The smallest absolute Gasteiger partial charge is 0.251 e. The molecular weight excluding hydrogens is 338 g/mol. The summed E-state index contributed by atoms with van der Waals surface area (Å²) in [6, 6.07) is 19.7. The second-order valence-corrected chi connectivity index (χ2v) is 6.93. The molecule has 138 valence electrons. The van der Waals surface area contributed by atoms with Crippen molar-refractivity contribution in [3.05, 3.63) is 77.5 Å². The Balaban J connectivity index is 1.45. The largest absolute Gasteiger partial charge is 0.383 e. The first-order valence-electron chi connectivity index (χ1n) is 9.34. The molecule has 0 spiro atoms. The monoisotopic (exact) mass is 361 g/mol. The fraction of sp³-hybridized carbons (Fsp3) is 0.273. The van der Waals surface area contributed by atoms with E-state index in [2.05, 4.69) is 10.2 Å². The average Bonchev–Trinajstić information content (AvgIpc) is 3.00. The van der Waals surface area contributed by atoms with Crippen LogP contribution in [0.1, 0.15) is 16.8 Å². The second kappa shape index (κ2) is 7.76. The van der Waals surface area contributed by atoms with Crippen LogP contribution in [0, 0.1) is 0 Å². The summed E-state index contributed by atoms with van der Waals surface area (Å²) in [7, 11) is 0. The van der Waals surface area contributed by atoms with E-state index in [0.717, 1.165) is 35.4 Å². The van der Waals surface area contributed by atoms with E-state index in [1.54, 1.807) is 4.90 Å². The number of H-pyrrole nitrogens is 1. The molecule has 3 aromatic rings. The molecule has 1 aromatic heterocycles. The van der Waals surface area contributed by atoms with E-state index in [0.29, 0.717) is 19.5 Å². The topological polar surface area (TPSA) is 69.2 Å². The molecule has 2 heterocycles. The van der Waals surface area contributed by atoms with E-state index in [-0.39, 0.29) is 5.91 Å². The number of nitrogens with one attached hydrogen (secondary N) is 1. The summed E-state index contributed by atoms with van der Waals surface area (Å²) < 4.78 is 0. The normalized spacial score (nSPS) is 15.1. The first-order chi connectivity index (χ1) is 13.2. The summed E-state index contributed by atoms with van der Waals surface area (Å²) in [5.74, 6) is -0.196. The van der Waals surface area contributed by atoms with Gasteiger partial charge in [0.15, 0.2) is 0 Å². The lowest BCUT2D eigenvalue weighted by Crippen LogP contribution is -2.41. The van der Waals surface area contributed by atoms with Crippen LogP contribution in [0.2, 0.25) is 0 Å². The molecule has 0 unspecified atom stereocenters. The zero-order valence-electron chi connectivity index (χ0n) is 15.1. The van der Waals surface area contributed by atoms with Crippen molar-refractivity contribution >= 4 is 5.91 Å². The van der Waals surface area contributed by atoms with Gasteiger partial charge in [-0.25, -0.2) is 0 Å². The summed E-state index contributed by atoms with van der Waals surface area (Å²) in [5, 5.41) is 18.0. The minimum Gasteiger partial charge on any atom is -0.383 e. The number of carbonyl (C=O) groups excluding carboxylic acids is 1. The van der Waals surface area contributed by atoms with E-state index in [1.165, 1.54) is 5.56 Å². The molecule has 4 rings (SSSR count). The van der Waals surface area contributed by atoms with Gasteiger partial charge in [0.05, 0.1) is 5.69 Å². The third-order valence-corrected chi connectivity index (χ3v) is 5.13. The van der Waals surface area contributed by atoms with Gasteiger partial charge in [0.25, 0.3) is 5.91 Å². The predicted molar refractivity (Wildman–Crippen MR) is 104 cm³/mol. The van der Waals surface area contributed by atoms with Crippen molar-refractivity contribution in [2.24, 2.45) is 0 Å². The van der Waals surface area contributed by atoms with Gasteiger partial charge in [-0.1, -0.05) is 60.7 Å². The third kappa shape index (κ3) is 3.78. The molecule has 0 fully saturated rings. The second-order valence-electron chi connectivity index (χ2n) is 6.93. The van der Waals surface area contributed by atoms with Gasteiger partial charge in [0.1, 0.15) is 6.10 Å². The molecule has 5 heteroatoms. The maximum absolute atomic E-state index is 12.7. The highest BCUT2D eigenvalue weighted by atomic mass is 16.3. The van der Waals surface area contributed by atoms with Gasteiger partial charge >= 0.3 is 0 Å². The molecule has 2 aromatic carbocycles. The van der Waals surface area contributed by atoms with E-state index in [9.17, 15) is 9.90 Å². The Bertz CT molecular complexity index is 906. The number of nitrogens with zero attached hydrogens (tertiary/aromatic N) is 2. The van der Waals surface area contributed by atoms with Crippen molar-refractivity contribution in [3.8, 4) is 11.3 Å². The summed E-state index contributed by atoms with van der Waals surface area (Å²) >= 11 is 0. The number of benzene rings is 2. The Morgan fingerprint density at radius 1 is 1.04 bits per heavy atom. The van der Waals surface area contributed by atoms with Gasteiger partial charge in [0.2, 0.25) is 0 Å². The maximum Gasteiger partial charge on any atom is 0.251 e. The predicted octanol–water partition coefficient (Wildman–Crippen LogP) is 2.61. The van der Waals surface area contributed by atoms with Crippen LogP contribution in [-0.4, -0.2) is 45.3 Å². The van der Waals surface area contributed by atoms with Gasteiger partial charge in [-0.15, -0.1) is 0 Å². The van der Waals surface area contributed by atoms with Gasteiger partial charge in [-0.2, -0.15) is 5.10 Å². The average molecular weight is 361 g/mol. The Morgan fingerprint density at radius 3 is 2.44 bits per heavy atom. The summed E-state index contributed by atoms with van der Waals surface area (Å²) in [4.78, 5) is 14.5. The molecule has 1 aliphatic heterocycles. The van der Waals surface area contributed by atoms with Gasteiger partial charge < -0.3 is 10.0 Å². The molecule has 1 amide bonds. The maximum atomic E-state index is 12.7. The minimum absolute atomic E-state index is 0.196. The molecular formula is C22H23N3O2. The lowest BCUT2D eigenvalue weighted by atomic mass is 10.0. The van der Waals surface area contributed by atoms with Crippen LogP contribution in [0.25, 0.3) is 11.3 Å². The molecule has 0 saturated carbocycles. The van der Waals surface area contributed by atoms with Gasteiger partial charge in [-0.05, 0) is 12.0 Å². The van der Waals surface area contributed by atoms with Crippen molar-refractivity contribution in [2.45, 2.75) is 25.4 Å². The SMILES string of the molecule is O=C([C@@H](O)Cc1ccccc1)N1CCc2[nH]nc(-c3ccccc3)c2CC1. The summed E-state index contributed by atoms with van der Waals surface area (Å²) in [5.41, 5.74) is 5.27. The fourth-order valence-corrected chi connectivity index (χ4v) is 3.67. The molecule has 27 heavy (non-hydrogen) atoms. The van der Waals surface area contributed by atoms with Crippen LogP contribution >= 0.6 is 0 Å². The Hall–Kier alpha value is -2.92. The van der Waals surface area contributed by atoms with Crippen LogP contribution in [0.4, 0.5) is 0 Å². The highest BCUT2D eigenvalue weighted by molar-refractivity contribution is 5.81. The number of fused-ring (bicyclic) bond motifs is 1. The molecule has 0 saturated heterocycles. The Morgan fingerprint density at radius 2 is 1.70 bits per heavy atom. The van der Waals surface area contributed by atoms with E-state index >= 15 is 0 Å². The van der Waals surface area contributed by atoms with Crippen molar-refractivity contribution in [1.82, 2.24) is 15.1 Å². The van der Waals surface area contributed by atoms with E-state index in [4.69, 9.17) is 0 Å². The van der Waals surface area contributed by atoms with Crippen molar-refractivity contribution in [3.63, 3.8) is 0 Å². The number of hydrogen-bond donors (Lipinski definition) is 2. The number of aliphatic hydroxyl groups is 1. The van der Waals surface area contributed by atoms with Crippen LogP contribution in [0.3, 0.4) is 0 Å². The molecule has 1 aliphatic rings. The first kappa shape index (κ1) is 17.5. The minimum atomic E-state index is -1.00. The fourth-order valence-electron chi connectivity index (χ4n) is 3.67. The number of rotatable bonds is 4. The zero-order valence-corrected chi connectivity index (χ0v) is 15.1. The highest BCUT2D eigenvalue weighted by Crippen LogP contribution is 2.26. The lowest BCUT2D eigenvalue weighted by Gasteiger charge is -2.23. The summed E-state index contributed by atoms with van der Waals surface area (Å²) in [6.07, 6.45) is 0.799. The molecule has 0 aliphatic carbocycles. The quantitative estimate of drug-likeness (QED) is 0.750. The molecule has 2 N–H and O–H groups in total. The van der Waals surface area contributed by atoms with Crippen LogP contribution in [0.5, 0.6) is 0 Å². The lowest BCUT2D eigenvalue weighted by molar-refractivity contribution is -0.140. The standard InChI is InChI=1S/C22H23N3O2/c26-20(15-16-7-3-1-4-8-16)22(27)25-13-11-18-19(12-14-25)23-24-21(18)17-9-5-2-6-10-17/h1-10,20,26H,11-15H2,(H,23,24)/t20-/m0/s1. The van der Waals surface area contributed by atoms with Gasteiger partial charge in [-0.3, -0.25) is 9.89 Å².